The van der Waals surface area contributed by atoms with Gasteiger partial charge in [-0.3, -0.25) is 4.79 Å². The van der Waals surface area contributed by atoms with Crippen molar-refractivity contribution in [2.24, 2.45) is 0 Å². The number of pyridine rings is 1. The summed E-state index contributed by atoms with van der Waals surface area (Å²) in [6, 6.07) is 8.22. The highest BCUT2D eigenvalue weighted by Gasteiger charge is 2.08. The van der Waals surface area contributed by atoms with Crippen LogP contribution in [0.3, 0.4) is 0 Å². The molecule has 0 fully saturated rings. The van der Waals surface area contributed by atoms with Gasteiger partial charge in [0.1, 0.15) is 11.6 Å². The maximum atomic E-state index is 11.9. The number of phenols is 1. The van der Waals surface area contributed by atoms with Gasteiger partial charge in [-0.05, 0) is 52.7 Å². The van der Waals surface area contributed by atoms with Crippen molar-refractivity contribution in [1.82, 2.24) is 4.98 Å². The normalized spacial score (nSPS) is 10.1. The Balaban J connectivity index is 2.16. The van der Waals surface area contributed by atoms with E-state index >= 15 is 0 Å². The second kappa shape index (κ2) is 5.18. The molecule has 1 heterocycles. The highest BCUT2D eigenvalue weighted by molar-refractivity contribution is 9.10. The van der Waals surface area contributed by atoms with Gasteiger partial charge in [0.05, 0.1) is 4.47 Å². The SMILES string of the molecule is Cc1ccc(NC(=O)c2ccc(Br)c(O)c2)nc1. The Kier molecular flexibility index (Phi) is 3.62. The third kappa shape index (κ3) is 2.87. The van der Waals surface area contributed by atoms with Gasteiger partial charge in [-0.25, -0.2) is 4.98 Å². The molecule has 1 amide bonds. The summed E-state index contributed by atoms with van der Waals surface area (Å²) in [4.78, 5) is 16.0. The molecule has 0 aliphatic rings. The van der Waals surface area contributed by atoms with Crippen LogP contribution in [-0.4, -0.2) is 16.0 Å². The second-order valence-electron chi connectivity index (χ2n) is 3.84. The fourth-order valence-electron chi connectivity index (χ4n) is 1.38. The lowest BCUT2D eigenvalue weighted by Crippen LogP contribution is -2.12. The zero-order valence-corrected chi connectivity index (χ0v) is 11.2. The summed E-state index contributed by atoms with van der Waals surface area (Å²) in [5.41, 5.74) is 1.40. The number of hydrogen-bond donors (Lipinski definition) is 2. The van der Waals surface area contributed by atoms with E-state index in [4.69, 9.17) is 0 Å². The minimum absolute atomic E-state index is 0.0273. The molecule has 0 spiro atoms. The lowest BCUT2D eigenvalue weighted by Gasteiger charge is -2.05. The first-order valence-corrected chi connectivity index (χ1v) is 6.08. The predicted octanol–water partition coefficient (Wildman–Crippen LogP) is 3.11. The Bertz CT molecular complexity index is 582. The maximum Gasteiger partial charge on any atom is 0.256 e. The van der Waals surface area contributed by atoms with E-state index in [-0.39, 0.29) is 11.7 Å². The Morgan fingerprint density at radius 2 is 2.11 bits per heavy atom. The van der Waals surface area contributed by atoms with Gasteiger partial charge in [0, 0.05) is 11.8 Å². The molecule has 1 aromatic heterocycles. The van der Waals surface area contributed by atoms with Gasteiger partial charge in [-0.15, -0.1) is 0 Å². The maximum absolute atomic E-state index is 11.9. The van der Waals surface area contributed by atoms with Crippen LogP contribution in [0.2, 0.25) is 0 Å². The van der Waals surface area contributed by atoms with Crippen LogP contribution < -0.4 is 5.32 Å². The molecule has 0 aliphatic carbocycles. The summed E-state index contributed by atoms with van der Waals surface area (Å²) in [5, 5.41) is 12.2. The Morgan fingerprint density at radius 1 is 1.33 bits per heavy atom. The lowest BCUT2D eigenvalue weighted by molar-refractivity contribution is 0.102. The molecule has 0 atom stereocenters. The number of benzene rings is 1. The number of rotatable bonds is 2. The number of phenolic OH excluding ortho intramolecular Hbond substituents is 1. The molecular formula is C13H11BrN2O2. The van der Waals surface area contributed by atoms with Crippen LogP contribution >= 0.6 is 15.9 Å². The van der Waals surface area contributed by atoms with Crippen LogP contribution in [0.4, 0.5) is 5.82 Å². The monoisotopic (exact) mass is 306 g/mol. The summed E-state index contributed by atoms with van der Waals surface area (Å²) in [7, 11) is 0. The van der Waals surface area contributed by atoms with Gasteiger partial charge in [0.25, 0.3) is 5.91 Å². The van der Waals surface area contributed by atoms with Crippen LogP contribution in [0, 0.1) is 6.92 Å². The van der Waals surface area contributed by atoms with Crippen LogP contribution in [-0.2, 0) is 0 Å². The van der Waals surface area contributed by atoms with Crippen molar-refractivity contribution in [2.45, 2.75) is 6.92 Å². The van der Waals surface area contributed by atoms with E-state index in [2.05, 4.69) is 26.2 Å². The topological polar surface area (TPSA) is 62.2 Å². The number of amides is 1. The number of carbonyl (C=O) groups excluding carboxylic acids is 1. The molecule has 0 saturated carbocycles. The van der Waals surface area contributed by atoms with E-state index in [9.17, 15) is 9.90 Å². The lowest BCUT2D eigenvalue weighted by atomic mass is 10.2. The first-order chi connectivity index (χ1) is 8.56. The van der Waals surface area contributed by atoms with Gasteiger partial charge in [0.2, 0.25) is 0 Å². The van der Waals surface area contributed by atoms with E-state index in [1.165, 1.54) is 6.07 Å². The molecule has 2 rings (SSSR count). The fraction of sp³-hybridized carbons (Fsp3) is 0.0769. The zero-order valence-electron chi connectivity index (χ0n) is 9.64. The van der Waals surface area contributed by atoms with E-state index in [0.717, 1.165) is 5.56 Å². The number of aromatic hydroxyl groups is 1. The molecule has 2 N–H and O–H groups in total. The minimum Gasteiger partial charge on any atom is -0.507 e. The molecular weight excluding hydrogens is 296 g/mol. The average molecular weight is 307 g/mol. The van der Waals surface area contributed by atoms with Gasteiger partial charge in [0.15, 0.2) is 0 Å². The molecule has 0 aliphatic heterocycles. The number of aryl methyl sites for hydroxylation is 1. The number of nitrogens with zero attached hydrogens (tertiary/aromatic N) is 1. The summed E-state index contributed by atoms with van der Waals surface area (Å²) in [6.45, 7) is 1.92. The molecule has 92 valence electrons. The summed E-state index contributed by atoms with van der Waals surface area (Å²) >= 11 is 3.16. The molecule has 5 heteroatoms. The van der Waals surface area contributed by atoms with E-state index < -0.39 is 0 Å². The molecule has 4 nitrogen and oxygen atoms in total. The highest BCUT2D eigenvalue weighted by Crippen LogP contribution is 2.24. The smallest absolute Gasteiger partial charge is 0.256 e. The van der Waals surface area contributed by atoms with Gasteiger partial charge >= 0.3 is 0 Å². The molecule has 0 saturated heterocycles. The molecule has 0 radical (unpaired) electrons. The van der Waals surface area contributed by atoms with Crippen LogP contribution in [0.25, 0.3) is 0 Å². The fourth-order valence-corrected chi connectivity index (χ4v) is 1.63. The standard InChI is InChI=1S/C13H11BrN2O2/c1-8-2-5-12(15-7-8)16-13(18)9-3-4-10(14)11(17)6-9/h2-7,17H,1H3,(H,15,16,18). The van der Waals surface area contributed by atoms with Crippen molar-refractivity contribution in [1.29, 1.82) is 0 Å². The Hall–Kier alpha value is -1.88. The van der Waals surface area contributed by atoms with Gasteiger partial charge in [-0.2, -0.15) is 0 Å². The molecule has 2 aromatic rings. The third-order valence-electron chi connectivity index (χ3n) is 2.36. The van der Waals surface area contributed by atoms with Crippen molar-refractivity contribution >= 4 is 27.7 Å². The first kappa shape index (κ1) is 12.6. The van der Waals surface area contributed by atoms with Gasteiger partial charge in [-0.1, -0.05) is 6.07 Å². The highest BCUT2D eigenvalue weighted by atomic mass is 79.9. The molecule has 1 aromatic carbocycles. The summed E-state index contributed by atoms with van der Waals surface area (Å²) in [5.74, 6) is 0.196. The van der Waals surface area contributed by atoms with Crippen molar-refractivity contribution < 1.29 is 9.90 Å². The number of hydrogen-bond acceptors (Lipinski definition) is 3. The van der Waals surface area contributed by atoms with Crippen molar-refractivity contribution in [3.05, 3.63) is 52.1 Å². The number of aromatic nitrogens is 1. The van der Waals surface area contributed by atoms with Crippen molar-refractivity contribution in [2.75, 3.05) is 5.32 Å². The number of anilines is 1. The van der Waals surface area contributed by atoms with E-state index in [0.29, 0.717) is 15.9 Å². The number of halogens is 1. The zero-order chi connectivity index (χ0) is 13.1. The summed E-state index contributed by atoms with van der Waals surface area (Å²) < 4.78 is 0.549. The first-order valence-electron chi connectivity index (χ1n) is 5.29. The van der Waals surface area contributed by atoms with E-state index in [1.54, 1.807) is 24.4 Å². The van der Waals surface area contributed by atoms with Crippen molar-refractivity contribution in [3.8, 4) is 5.75 Å². The third-order valence-corrected chi connectivity index (χ3v) is 3.03. The van der Waals surface area contributed by atoms with Crippen LogP contribution in [0.5, 0.6) is 5.75 Å². The quantitative estimate of drug-likeness (QED) is 0.896. The molecule has 18 heavy (non-hydrogen) atoms. The average Bonchev–Trinajstić information content (AvgIpc) is 2.35. The predicted molar refractivity (Wildman–Crippen MR) is 72.7 cm³/mol. The van der Waals surface area contributed by atoms with Gasteiger partial charge < -0.3 is 10.4 Å². The van der Waals surface area contributed by atoms with Crippen LogP contribution in [0.1, 0.15) is 15.9 Å². The molecule has 0 unspecified atom stereocenters. The van der Waals surface area contributed by atoms with E-state index in [1.807, 2.05) is 13.0 Å². The molecule has 0 bridgehead atoms. The number of nitrogens with one attached hydrogen (secondary N) is 1. The Labute approximate surface area is 113 Å². The largest absolute Gasteiger partial charge is 0.507 e. The summed E-state index contributed by atoms with van der Waals surface area (Å²) in [6.07, 6.45) is 1.68. The second-order valence-corrected chi connectivity index (χ2v) is 4.70. The van der Waals surface area contributed by atoms with Crippen LogP contribution in [0.15, 0.2) is 41.0 Å². The number of carbonyl (C=O) groups is 1. The Morgan fingerprint density at radius 3 is 2.72 bits per heavy atom. The van der Waals surface area contributed by atoms with Crippen molar-refractivity contribution in [3.63, 3.8) is 0 Å². The minimum atomic E-state index is -0.311.